The fourth-order valence-corrected chi connectivity index (χ4v) is 2.95. The minimum atomic E-state index is -0.260. The van der Waals surface area contributed by atoms with Crippen molar-refractivity contribution in [3.8, 4) is 0 Å². The molecule has 4 heteroatoms. The quantitative estimate of drug-likeness (QED) is 0.874. The third kappa shape index (κ3) is 4.63. The summed E-state index contributed by atoms with van der Waals surface area (Å²) in [6.07, 6.45) is 3.72. The van der Waals surface area contributed by atoms with E-state index in [1.54, 1.807) is 0 Å². The fourth-order valence-electron chi connectivity index (χ4n) is 2.95. The van der Waals surface area contributed by atoms with Crippen LogP contribution in [0.4, 0.5) is 0 Å². The Labute approximate surface area is 147 Å². The molecule has 1 unspecified atom stereocenters. The summed E-state index contributed by atoms with van der Waals surface area (Å²) in [6.45, 7) is 2.47. The average molecular weight is 334 g/mol. The fraction of sp³-hybridized carbons (Fsp3) is 0.286. The van der Waals surface area contributed by atoms with Gasteiger partial charge in [-0.1, -0.05) is 48.5 Å². The lowest BCUT2D eigenvalue weighted by Crippen LogP contribution is -2.35. The summed E-state index contributed by atoms with van der Waals surface area (Å²) in [6, 6.07) is 15.9. The van der Waals surface area contributed by atoms with Crippen molar-refractivity contribution in [3.05, 3.63) is 70.2 Å². The van der Waals surface area contributed by atoms with E-state index in [0.717, 1.165) is 28.1 Å². The van der Waals surface area contributed by atoms with Crippen LogP contribution in [0.5, 0.6) is 0 Å². The van der Waals surface area contributed by atoms with Gasteiger partial charge in [-0.3, -0.25) is 9.59 Å². The van der Waals surface area contributed by atoms with E-state index < -0.39 is 0 Å². The number of carbonyl (C=O) groups is 2. The molecule has 1 aliphatic rings. The van der Waals surface area contributed by atoms with E-state index in [9.17, 15) is 9.59 Å². The Morgan fingerprint density at radius 1 is 1.16 bits per heavy atom. The maximum absolute atomic E-state index is 12.1. The minimum Gasteiger partial charge on any atom is -0.356 e. The first-order chi connectivity index (χ1) is 12.1. The second-order valence-electron chi connectivity index (χ2n) is 6.41. The molecule has 4 nitrogen and oxygen atoms in total. The van der Waals surface area contributed by atoms with Gasteiger partial charge in [0.25, 0.3) is 5.91 Å². The van der Waals surface area contributed by atoms with Gasteiger partial charge in [0.15, 0.2) is 0 Å². The number of fused-ring (bicyclic) bond motifs is 1. The van der Waals surface area contributed by atoms with Gasteiger partial charge < -0.3 is 5.32 Å². The number of rotatable bonds is 6. The Morgan fingerprint density at radius 3 is 2.76 bits per heavy atom. The zero-order valence-corrected chi connectivity index (χ0v) is 14.4. The van der Waals surface area contributed by atoms with Gasteiger partial charge in [-0.25, -0.2) is 4.99 Å². The summed E-state index contributed by atoms with van der Waals surface area (Å²) in [5.74, 6) is -0.374. The Bertz CT molecular complexity index is 888. The van der Waals surface area contributed by atoms with Crippen molar-refractivity contribution < 1.29 is 9.59 Å². The van der Waals surface area contributed by atoms with E-state index in [1.807, 2.05) is 61.5 Å². The average Bonchev–Trinajstić information content (AvgIpc) is 2.61. The summed E-state index contributed by atoms with van der Waals surface area (Å²) in [5.41, 5.74) is 2.24. The predicted molar refractivity (Wildman–Crippen MR) is 97.3 cm³/mol. The van der Waals surface area contributed by atoms with Crippen LogP contribution in [0.25, 0.3) is 6.08 Å². The zero-order valence-electron chi connectivity index (χ0n) is 14.4. The standard InChI is InChI=1S/C21H22N2O2/c1-15-7-9-17-14-18(21(25)23-19(17)13-15)11-12-22-20(24)10-8-16-5-3-2-4-6-16/h2-7,9,13-14,18H,8,10-12H2,1H3,(H,22,24). The molecule has 2 amide bonds. The normalized spacial score (nSPS) is 15.7. The van der Waals surface area contributed by atoms with Crippen LogP contribution in [0.15, 0.2) is 53.5 Å². The molecule has 1 N–H and O–H groups in total. The SMILES string of the molecule is Cc1ccc2c(c1)=NC(=O)C(CCNC(=O)CCc1ccccc1)C=2. The molecule has 1 atom stereocenters. The van der Waals surface area contributed by atoms with Crippen molar-refractivity contribution in [1.29, 1.82) is 0 Å². The van der Waals surface area contributed by atoms with Gasteiger partial charge in [0.2, 0.25) is 5.91 Å². The Kier molecular flexibility index (Phi) is 5.39. The molecule has 1 aliphatic heterocycles. The largest absolute Gasteiger partial charge is 0.356 e. The van der Waals surface area contributed by atoms with Crippen LogP contribution in [0.3, 0.4) is 0 Å². The van der Waals surface area contributed by atoms with Gasteiger partial charge in [-0.2, -0.15) is 0 Å². The van der Waals surface area contributed by atoms with E-state index in [4.69, 9.17) is 0 Å². The van der Waals surface area contributed by atoms with Gasteiger partial charge in [-0.15, -0.1) is 0 Å². The molecule has 0 saturated carbocycles. The number of carbonyl (C=O) groups excluding carboxylic acids is 2. The number of benzene rings is 2. The minimum absolute atomic E-state index is 0.0140. The molecule has 3 rings (SSSR count). The maximum Gasteiger partial charge on any atom is 0.253 e. The lowest BCUT2D eigenvalue weighted by molar-refractivity contribution is -0.122. The van der Waals surface area contributed by atoms with Gasteiger partial charge in [0, 0.05) is 13.0 Å². The highest BCUT2D eigenvalue weighted by molar-refractivity contribution is 5.86. The van der Waals surface area contributed by atoms with Gasteiger partial charge >= 0.3 is 0 Å². The van der Waals surface area contributed by atoms with Crippen LogP contribution in [0.2, 0.25) is 0 Å². The Hall–Kier alpha value is -2.75. The van der Waals surface area contributed by atoms with Gasteiger partial charge in [-0.05, 0) is 42.2 Å². The summed E-state index contributed by atoms with van der Waals surface area (Å²) in [7, 11) is 0. The molecule has 0 aliphatic carbocycles. The molecule has 0 spiro atoms. The number of nitrogens with zero attached hydrogens (tertiary/aromatic N) is 1. The second-order valence-corrected chi connectivity index (χ2v) is 6.41. The number of nitrogens with one attached hydrogen (secondary N) is 1. The zero-order chi connectivity index (χ0) is 17.6. The molecule has 0 aromatic heterocycles. The Morgan fingerprint density at radius 2 is 1.96 bits per heavy atom. The molecule has 1 heterocycles. The van der Waals surface area contributed by atoms with Crippen molar-refractivity contribution in [2.24, 2.45) is 10.9 Å². The highest BCUT2D eigenvalue weighted by Crippen LogP contribution is 2.09. The molecule has 2 aromatic rings. The molecule has 2 aromatic carbocycles. The van der Waals surface area contributed by atoms with Crippen molar-refractivity contribution >= 4 is 17.9 Å². The molecule has 0 radical (unpaired) electrons. The van der Waals surface area contributed by atoms with Crippen LogP contribution < -0.4 is 15.9 Å². The third-order valence-corrected chi connectivity index (χ3v) is 4.38. The van der Waals surface area contributed by atoms with Crippen molar-refractivity contribution in [2.75, 3.05) is 6.54 Å². The highest BCUT2D eigenvalue weighted by Gasteiger charge is 2.18. The van der Waals surface area contributed by atoms with E-state index in [2.05, 4.69) is 10.3 Å². The van der Waals surface area contributed by atoms with E-state index in [1.165, 1.54) is 0 Å². The third-order valence-electron chi connectivity index (χ3n) is 4.38. The Balaban J connectivity index is 1.49. The smallest absolute Gasteiger partial charge is 0.253 e. The first-order valence-corrected chi connectivity index (χ1v) is 8.63. The highest BCUT2D eigenvalue weighted by atomic mass is 16.2. The second kappa shape index (κ2) is 7.88. The topological polar surface area (TPSA) is 58.5 Å². The summed E-state index contributed by atoms with van der Waals surface area (Å²) in [5, 5.41) is 4.64. The number of hydrogen-bond donors (Lipinski definition) is 1. The van der Waals surface area contributed by atoms with E-state index in [0.29, 0.717) is 19.4 Å². The lowest BCUT2D eigenvalue weighted by atomic mass is 9.99. The molecular formula is C21H22N2O2. The van der Waals surface area contributed by atoms with Gasteiger partial charge in [0.1, 0.15) is 0 Å². The number of hydrogen-bond acceptors (Lipinski definition) is 2. The van der Waals surface area contributed by atoms with Crippen molar-refractivity contribution in [1.82, 2.24) is 5.32 Å². The predicted octanol–water partition coefficient (Wildman–Crippen LogP) is 1.69. The van der Waals surface area contributed by atoms with Crippen molar-refractivity contribution in [2.45, 2.75) is 26.2 Å². The first kappa shape index (κ1) is 17.1. The van der Waals surface area contributed by atoms with Crippen LogP contribution in [-0.4, -0.2) is 18.4 Å². The maximum atomic E-state index is 12.1. The molecule has 0 saturated heterocycles. The first-order valence-electron chi connectivity index (χ1n) is 8.63. The summed E-state index contributed by atoms with van der Waals surface area (Å²) in [4.78, 5) is 28.3. The van der Waals surface area contributed by atoms with E-state index >= 15 is 0 Å². The molecule has 0 bridgehead atoms. The van der Waals surface area contributed by atoms with Crippen LogP contribution in [0, 0.1) is 12.8 Å². The van der Waals surface area contributed by atoms with Gasteiger partial charge in [0.05, 0.1) is 11.3 Å². The summed E-state index contributed by atoms with van der Waals surface area (Å²) < 4.78 is 0. The number of amides is 2. The van der Waals surface area contributed by atoms with Crippen LogP contribution in [0.1, 0.15) is 24.0 Å². The van der Waals surface area contributed by atoms with Crippen molar-refractivity contribution in [3.63, 3.8) is 0 Å². The number of aryl methyl sites for hydroxylation is 2. The van der Waals surface area contributed by atoms with Crippen LogP contribution >= 0.6 is 0 Å². The monoisotopic (exact) mass is 334 g/mol. The molecule has 0 fully saturated rings. The van der Waals surface area contributed by atoms with Crippen LogP contribution in [-0.2, 0) is 16.0 Å². The molecule has 25 heavy (non-hydrogen) atoms. The molecule has 128 valence electrons. The summed E-state index contributed by atoms with van der Waals surface area (Å²) >= 11 is 0. The molecular weight excluding hydrogens is 312 g/mol. The lowest BCUT2D eigenvalue weighted by Gasteiger charge is -2.13. The van der Waals surface area contributed by atoms with E-state index in [-0.39, 0.29) is 17.7 Å².